The van der Waals surface area contributed by atoms with E-state index in [0.717, 1.165) is 38.2 Å². The van der Waals surface area contributed by atoms with Gasteiger partial charge in [-0.3, -0.25) is 24.0 Å². The minimum Gasteiger partial charge on any atom is -0.383 e. The largest absolute Gasteiger partial charge is 0.383 e. The molecule has 0 atom stereocenters. The Morgan fingerprint density at radius 3 is 2.58 bits per heavy atom. The second-order valence-electron chi connectivity index (χ2n) is 8.61. The molecular weight excluding hydrogens is 432 g/mol. The van der Waals surface area contributed by atoms with Crippen molar-refractivity contribution in [2.75, 3.05) is 24.2 Å². The van der Waals surface area contributed by atoms with Crippen LogP contribution in [0.15, 0.2) is 27.8 Å². The summed E-state index contributed by atoms with van der Waals surface area (Å²) in [7, 11) is 1.64. The fourth-order valence-corrected chi connectivity index (χ4v) is 4.33. The van der Waals surface area contributed by atoms with Crippen LogP contribution in [0.25, 0.3) is 0 Å². The molecule has 1 amide bonds. The maximum Gasteiger partial charge on any atom is 0.330 e. The molecule has 1 saturated carbocycles. The Kier molecular flexibility index (Phi) is 8.01. The number of aromatic nitrogens is 2. The Bertz CT molecular complexity index is 1110. The maximum atomic E-state index is 14.1. The van der Waals surface area contributed by atoms with Gasteiger partial charge in [0.1, 0.15) is 17.5 Å². The molecule has 3 rings (SSSR count). The van der Waals surface area contributed by atoms with Gasteiger partial charge in [-0.2, -0.15) is 0 Å². The zero-order valence-corrected chi connectivity index (χ0v) is 19.1. The number of H-pyrrole nitrogens is 1. The third-order valence-electron chi connectivity index (χ3n) is 6.01. The lowest BCUT2D eigenvalue weighted by Crippen LogP contribution is -2.48. The van der Waals surface area contributed by atoms with Crippen LogP contribution in [0.2, 0.25) is 0 Å². The standard InChI is InChI=1S/C23H31F2N5O3/c1-3-4-11-29-21(26)20(22(32)27-23(29)33)30(17-7-5-6-8-17)19(31)14-28(2)13-15-9-10-16(24)12-18(15)25/h9-10,12,17H,3-8,11,13-14,26H2,1-2H3,(H,27,32,33). The van der Waals surface area contributed by atoms with Gasteiger partial charge >= 0.3 is 5.69 Å². The lowest BCUT2D eigenvalue weighted by molar-refractivity contribution is -0.120. The van der Waals surface area contributed by atoms with Gasteiger partial charge in [0.2, 0.25) is 5.91 Å². The van der Waals surface area contributed by atoms with E-state index < -0.39 is 22.9 Å². The number of amides is 1. The number of carbonyl (C=O) groups excluding carboxylic acids is 1. The second-order valence-corrected chi connectivity index (χ2v) is 8.61. The predicted octanol–water partition coefficient (Wildman–Crippen LogP) is 2.60. The fourth-order valence-electron chi connectivity index (χ4n) is 4.33. The van der Waals surface area contributed by atoms with Crippen LogP contribution in [0.3, 0.4) is 0 Å². The van der Waals surface area contributed by atoms with E-state index in [-0.39, 0.29) is 42.1 Å². The van der Waals surface area contributed by atoms with Crippen molar-refractivity contribution < 1.29 is 13.6 Å². The van der Waals surface area contributed by atoms with Crippen LogP contribution in [-0.4, -0.2) is 40.0 Å². The van der Waals surface area contributed by atoms with E-state index in [9.17, 15) is 23.2 Å². The zero-order valence-electron chi connectivity index (χ0n) is 19.1. The number of benzene rings is 1. The number of nitrogens with one attached hydrogen (secondary N) is 1. The molecule has 1 heterocycles. The van der Waals surface area contributed by atoms with Crippen molar-refractivity contribution in [3.8, 4) is 0 Å². The number of nitrogen functional groups attached to an aromatic ring is 1. The van der Waals surface area contributed by atoms with Gasteiger partial charge < -0.3 is 10.6 Å². The number of anilines is 2. The van der Waals surface area contributed by atoms with Gasteiger partial charge in [-0.25, -0.2) is 13.6 Å². The highest BCUT2D eigenvalue weighted by molar-refractivity contribution is 5.97. The summed E-state index contributed by atoms with van der Waals surface area (Å²) in [6.45, 7) is 2.28. The first kappa shape index (κ1) is 24.6. The van der Waals surface area contributed by atoms with E-state index in [1.807, 2.05) is 6.92 Å². The normalized spacial score (nSPS) is 14.2. The summed E-state index contributed by atoms with van der Waals surface area (Å²) in [4.78, 5) is 43.9. The number of hydrogen-bond donors (Lipinski definition) is 2. The van der Waals surface area contributed by atoms with E-state index in [4.69, 9.17) is 5.73 Å². The van der Waals surface area contributed by atoms with E-state index >= 15 is 0 Å². The van der Waals surface area contributed by atoms with Gasteiger partial charge in [0.05, 0.1) is 6.54 Å². The minimum atomic E-state index is -0.697. The summed E-state index contributed by atoms with van der Waals surface area (Å²) in [5.41, 5.74) is 5.22. The molecule has 8 nitrogen and oxygen atoms in total. The number of nitrogens with two attached hydrogens (primary N) is 1. The summed E-state index contributed by atoms with van der Waals surface area (Å²) >= 11 is 0. The third-order valence-corrected chi connectivity index (χ3v) is 6.01. The first-order valence-electron chi connectivity index (χ1n) is 11.3. The van der Waals surface area contributed by atoms with Gasteiger partial charge in [-0.1, -0.05) is 32.3 Å². The van der Waals surface area contributed by atoms with Crippen molar-refractivity contribution in [1.29, 1.82) is 0 Å². The van der Waals surface area contributed by atoms with Crippen molar-refractivity contribution in [2.45, 2.75) is 64.6 Å². The Morgan fingerprint density at radius 1 is 1.24 bits per heavy atom. The summed E-state index contributed by atoms with van der Waals surface area (Å²) in [6, 6.07) is 3.09. The van der Waals surface area contributed by atoms with Crippen molar-refractivity contribution in [3.05, 3.63) is 56.2 Å². The number of aromatic amines is 1. The highest BCUT2D eigenvalue weighted by atomic mass is 19.1. The molecule has 0 radical (unpaired) electrons. The number of halogens is 2. The van der Waals surface area contributed by atoms with E-state index in [1.165, 1.54) is 21.6 Å². The number of hydrogen-bond acceptors (Lipinski definition) is 5. The quantitative estimate of drug-likeness (QED) is 0.595. The number of carbonyl (C=O) groups is 1. The molecule has 33 heavy (non-hydrogen) atoms. The number of likely N-dealkylation sites (N-methyl/N-ethyl adjacent to an activating group) is 1. The third kappa shape index (κ3) is 5.68. The molecule has 0 unspecified atom stereocenters. The van der Waals surface area contributed by atoms with Gasteiger partial charge in [0, 0.05) is 30.8 Å². The lowest BCUT2D eigenvalue weighted by atomic mass is 10.1. The molecule has 1 aliphatic carbocycles. The summed E-state index contributed by atoms with van der Waals surface area (Å²) < 4.78 is 28.5. The van der Waals surface area contributed by atoms with Crippen molar-refractivity contribution in [2.24, 2.45) is 0 Å². The topological polar surface area (TPSA) is 104 Å². The van der Waals surface area contributed by atoms with Gasteiger partial charge in [0.25, 0.3) is 5.56 Å². The lowest BCUT2D eigenvalue weighted by Gasteiger charge is -2.31. The molecule has 2 aromatic rings. The van der Waals surface area contributed by atoms with Crippen LogP contribution in [0.4, 0.5) is 20.3 Å². The molecule has 1 aromatic carbocycles. The first-order chi connectivity index (χ1) is 15.7. The minimum absolute atomic E-state index is 0.0102. The maximum absolute atomic E-state index is 14.1. The Labute approximate surface area is 191 Å². The highest BCUT2D eigenvalue weighted by Crippen LogP contribution is 2.29. The molecule has 10 heteroatoms. The molecular formula is C23H31F2N5O3. The number of nitrogens with zero attached hydrogens (tertiary/aromatic N) is 3. The molecule has 1 aromatic heterocycles. The molecule has 0 bridgehead atoms. The fraction of sp³-hybridized carbons (Fsp3) is 0.522. The van der Waals surface area contributed by atoms with Crippen molar-refractivity contribution in [3.63, 3.8) is 0 Å². The summed E-state index contributed by atoms with van der Waals surface area (Å²) in [6.07, 6.45) is 4.79. The first-order valence-corrected chi connectivity index (χ1v) is 11.3. The Balaban J connectivity index is 1.91. The van der Waals surface area contributed by atoms with Crippen LogP contribution in [0, 0.1) is 11.6 Å². The van der Waals surface area contributed by atoms with Gasteiger partial charge in [-0.15, -0.1) is 0 Å². The van der Waals surface area contributed by atoms with E-state index in [0.29, 0.717) is 13.0 Å². The second kappa shape index (κ2) is 10.7. The monoisotopic (exact) mass is 463 g/mol. The molecule has 0 aliphatic heterocycles. The average molecular weight is 464 g/mol. The predicted molar refractivity (Wildman–Crippen MR) is 123 cm³/mol. The summed E-state index contributed by atoms with van der Waals surface area (Å²) in [5.74, 6) is -1.75. The Hall–Kier alpha value is -3.01. The van der Waals surface area contributed by atoms with Crippen LogP contribution >= 0.6 is 0 Å². The molecule has 3 N–H and O–H groups in total. The van der Waals surface area contributed by atoms with E-state index in [2.05, 4.69) is 4.98 Å². The summed E-state index contributed by atoms with van der Waals surface area (Å²) in [5, 5.41) is 0. The van der Waals surface area contributed by atoms with E-state index in [1.54, 1.807) is 11.9 Å². The van der Waals surface area contributed by atoms with Gasteiger partial charge in [-0.05, 0) is 32.4 Å². The molecule has 180 valence electrons. The van der Waals surface area contributed by atoms with Crippen molar-refractivity contribution >= 4 is 17.4 Å². The van der Waals surface area contributed by atoms with Crippen LogP contribution in [-0.2, 0) is 17.9 Å². The van der Waals surface area contributed by atoms with Crippen LogP contribution in [0.5, 0.6) is 0 Å². The number of unbranched alkanes of at least 4 members (excludes halogenated alkanes) is 1. The molecule has 1 fully saturated rings. The van der Waals surface area contributed by atoms with Crippen LogP contribution in [0.1, 0.15) is 51.0 Å². The Morgan fingerprint density at radius 2 is 1.94 bits per heavy atom. The molecule has 0 saturated heterocycles. The molecule has 0 spiro atoms. The van der Waals surface area contributed by atoms with Gasteiger partial charge in [0.15, 0.2) is 5.69 Å². The highest BCUT2D eigenvalue weighted by Gasteiger charge is 2.33. The molecule has 1 aliphatic rings. The zero-order chi connectivity index (χ0) is 24.1. The van der Waals surface area contributed by atoms with Crippen molar-refractivity contribution in [1.82, 2.24) is 14.5 Å². The SMILES string of the molecule is CCCCn1c(N)c(N(C(=O)CN(C)Cc2ccc(F)cc2F)C2CCCC2)c(=O)[nH]c1=O. The average Bonchev–Trinajstić information content (AvgIpc) is 3.27. The van der Waals surface area contributed by atoms with Crippen LogP contribution < -0.4 is 21.9 Å². The number of rotatable bonds is 9. The smallest absolute Gasteiger partial charge is 0.330 e.